The maximum absolute atomic E-state index is 10.7. The second kappa shape index (κ2) is 5.73. The number of halogens is 2. The summed E-state index contributed by atoms with van der Waals surface area (Å²) >= 11 is 10.5. The molecule has 2 aromatic carbocycles. The molecule has 0 aliphatic rings. The number of benzene rings is 2. The van der Waals surface area contributed by atoms with Crippen LogP contribution in [-0.2, 0) is 0 Å². The minimum atomic E-state index is -0.416. The first-order valence-corrected chi connectivity index (χ1v) is 6.92. The monoisotopic (exact) mass is 343 g/mol. The first kappa shape index (κ1) is 13.4. The van der Waals surface area contributed by atoms with Gasteiger partial charge in [0.2, 0.25) is 0 Å². The number of hydrogen-bond acceptors (Lipinski definition) is 3. The normalized spacial score (nSPS) is 10.3. The van der Waals surface area contributed by atoms with Crippen LogP contribution in [0, 0.1) is 10.1 Å². The topological polar surface area (TPSA) is 43.1 Å². The van der Waals surface area contributed by atoms with Crippen LogP contribution in [0.15, 0.2) is 56.7 Å². The molecule has 6 heteroatoms. The average molecular weight is 345 g/mol. The van der Waals surface area contributed by atoms with Crippen molar-refractivity contribution in [3.8, 4) is 0 Å². The van der Waals surface area contributed by atoms with Crippen molar-refractivity contribution >= 4 is 45.0 Å². The molecule has 0 aliphatic heterocycles. The molecule has 18 heavy (non-hydrogen) atoms. The van der Waals surface area contributed by atoms with Gasteiger partial charge in [-0.05, 0) is 52.3 Å². The van der Waals surface area contributed by atoms with E-state index in [1.165, 1.54) is 17.8 Å². The lowest BCUT2D eigenvalue weighted by molar-refractivity contribution is -0.385. The zero-order valence-corrected chi connectivity index (χ0v) is 12.1. The molecule has 0 bridgehead atoms. The summed E-state index contributed by atoms with van der Waals surface area (Å²) in [4.78, 5) is 12.2. The van der Waals surface area contributed by atoms with Crippen molar-refractivity contribution in [1.29, 1.82) is 0 Å². The van der Waals surface area contributed by atoms with Crippen molar-refractivity contribution in [2.75, 3.05) is 0 Å². The summed E-state index contributed by atoms with van der Waals surface area (Å²) in [5.74, 6) is 0. The third-order valence-electron chi connectivity index (χ3n) is 2.17. The Kier molecular flexibility index (Phi) is 4.27. The average Bonchev–Trinajstić information content (AvgIpc) is 2.32. The maximum atomic E-state index is 10.7. The minimum Gasteiger partial charge on any atom is -0.258 e. The summed E-state index contributed by atoms with van der Waals surface area (Å²) < 4.78 is 0.478. The summed E-state index contributed by atoms with van der Waals surface area (Å²) in [7, 11) is 0. The van der Waals surface area contributed by atoms with Gasteiger partial charge in [-0.2, -0.15) is 0 Å². The number of nitro groups is 1. The van der Waals surface area contributed by atoms with E-state index >= 15 is 0 Å². The molecule has 0 aliphatic carbocycles. The lowest BCUT2D eigenvalue weighted by Crippen LogP contribution is -1.88. The lowest BCUT2D eigenvalue weighted by atomic mass is 10.3. The van der Waals surface area contributed by atoms with Gasteiger partial charge in [-0.3, -0.25) is 10.1 Å². The molecule has 0 aromatic heterocycles. The Morgan fingerprint density at radius 3 is 2.28 bits per heavy atom. The first-order valence-electron chi connectivity index (χ1n) is 4.93. The van der Waals surface area contributed by atoms with Crippen molar-refractivity contribution in [1.82, 2.24) is 0 Å². The smallest absolute Gasteiger partial charge is 0.258 e. The van der Waals surface area contributed by atoms with Crippen LogP contribution in [0.25, 0.3) is 0 Å². The molecule has 92 valence electrons. The zero-order valence-electron chi connectivity index (χ0n) is 8.97. The fourth-order valence-electron chi connectivity index (χ4n) is 1.34. The quantitative estimate of drug-likeness (QED) is 0.570. The Morgan fingerprint density at radius 2 is 1.72 bits per heavy atom. The highest BCUT2D eigenvalue weighted by atomic mass is 79.9. The Hall–Kier alpha value is -1.04. The molecular weight excluding hydrogens is 338 g/mol. The third kappa shape index (κ3) is 3.25. The van der Waals surface area contributed by atoms with Gasteiger partial charge in [-0.15, -0.1) is 0 Å². The van der Waals surface area contributed by atoms with Crippen LogP contribution >= 0.6 is 39.3 Å². The molecule has 0 amide bonds. The van der Waals surface area contributed by atoms with Crippen molar-refractivity contribution in [2.24, 2.45) is 0 Å². The van der Waals surface area contributed by atoms with Gasteiger partial charge in [0.05, 0.1) is 9.40 Å². The van der Waals surface area contributed by atoms with E-state index in [1.807, 2.05) is 24.3 Å². The van der Waals surface area contributed by atoms with Gasteiger partial charge < -0.3 is 0 Å². The number of hydrogen-bond donors (Lipinski definition) is 0. The molecule has 0 spiro atoms. The Morgan fingerprint density at radius 1 is 1.11 bits per heavy atom. The van der Waals surface area contributed by atoms with Crippen LogP contribution in [0.2, 0.25) is 5.02 Å². The van der Waals surface area contributed by atoms with Crippen LogP contribution in [0.1, 0.15) is 0 Å². The highest BCUT2D eigenvalue weighted by Crippen LogP contribution is 2.34. The summed E-state index contributed by atoms with van der Waals surface area (Å²) in [5, 5.41) is 11.4. The fourth-order valence-corrected chi connectivity index (χ4v) is 3.00. The first-order chi connectivity index (χ1) is 8.56. The van der Waals surface area contributed by atoms with E-state index in [4.69, 9.17) is 11.6 Å². The molecule has 2 rings (SSSR count). The number of nitro benzene ring substituents is 1. The highest BCUT2D eigenvalue weighted by molar-refractivity contribution is 9.10. The van der Waals surface area contributed by atoms with Crippen LogP contribution in [0.4, 0.5) is 5.69 Å². The summed E-state index contributed by atoms with van der Waals surface area (Å²) in [6, 6.07) is 12.4. The van der Waals surface area contributed by atoms with Gasteiger partial charge in [0.15, 0.2) is 0 Å². The van der Waals surface area contributed by atoms with E-state index < -0.39 is 4.92 Å². The van der Waals surface area contributed by atoms with Gasteiger partial charge in [0, 0.05) is 20.9 Å². The van der Waals surface area contributed by atoms with Crippen LogP contribution in [-0.4, -0.2) is 4.92 Å². The lowest BCUT2D eigenvalue weighted by Gasteiger charge is -2.03. The van der Waals surface area contributed by atoms with Crippen molar-refractivity contribution < 1.29 is 4.92 Å². The van der Waals surface area contributed by atoms with E-state index in [1.54, 1.807) is 12.1 Å². The maximum Gasteiger partial charge on any atom is 0.283 e. The van der Waals surface area contributed by atoms with Crippen molar-refractivity contribution in [3.05, 3.63) is 62.1 Å². The van der Waals surface area contributed by atoms with E-state index in [0.29, 0.717) is 9.50 Å². The van der Waals surface area contributed by atoms with Crippen molar-refractivity contribution in [3.63, 3.8) is 0 Å². The molecule has 2 aromatic rings. The third-order valence-corrected chi connectivity index (χ3v) is 4.05. The molecule has 0 radical (unpaired) electrons. The molecule has 3 nitrogen and oxygen atoms in total. The fraction of sp³-hybridized carbons (Fsp3) is 0. The van der Waals surface area contributed by atoms with Crippen LogP contribution in [0.5, 0.6) is 0 Å². The van der Waals surface area contributed by atoms with E-state index in [0.717, 1.165) is 9.79 Å². The van der Waals surface area contributed by atoms with Crippen LogP contribution in [0.3, 0.4) is 0 Å². The number of nitrogens with zero attached hydrogens (tertiary/aromatic N) is 1. The molecule has 0 heterocycles. The predicted octanol–water partition coefficient (Wildman–Crippen LogP) is 5.16. The zero-order chi connectivity index (χ0) is 13.1. The summed E-state index contributed by atoms with van der Waals surface area (Å²) in [6.45, 7) is 0. The number of rotatable bonds is 3. The standard InChI is InChI=1S/C12H7BrClNO2S/c13-11-7-10(5-6-12(11)15(16)17)18-9-3-1-8(14)2-4-9/h1-7H. The molecule has 0 saturated heterocycles. The van der Waals surface area contributed by atoms with E-state index in [9.17, 15) is 10.1 Å². The molecule has 0 unspecified atom stereocenters. The largest absolute Gasteiger partial charge is 0.283 e. The highest BCUT2D eigenvalue weighted by Gasteiger charge is 2.11. The molecule has 0 fully saturated rings. The van der Waals surface area contributed by atoms with E-state index in [2.05, 4.69) is 15.9 Å². The Bertz CT molecular complexity index is 589. The van der Waals surface area contributed by atoms with Gasteiger partial charge >= 0.3 is 0 Å². The minimum absolute atomic E-state index is 0.0652. The Balaban J connectivity index is 2.22. The van der Waals surface area contributed by atoms with Gasteiger partial charge in [-0.25, -0.2) is 0 Å². The molecule has 0 saturated carbocycles. The molecule has 0 N–H and O–H groups in total. The second-order valence-corrected chi connectivity index (χ2v) is 5.86. The van der Waals surface area contributed by atoms with Crippen molar-refractivity contribution in [2.45, 2.75) is 9.79 Å². The SMILES string of the molecule is O=[N+]([O-])c1ccc(Sc2ccc(Cl)cc2)cc1Br. The predicted molar refractivity (Wildman–Crippen MR) is 76.4 cm³/mol. The van der Waals surface area contributed by atoms with E-state index in [-0.39, 0.29) is 5.69 Å². The molecule has 0 atom stereocenters. The second-order valence-electron chi connectivity index (χ2n) is 3.43. The summed E-state index contributed by atoms with van der Waals surface area (Å²) in [6.07, 6.45) is 0. The van der Waals surface area contributed by atoms with Crippen LogP contribution < -0.4 is 0 Å². The van der Waals surface area contributed by atoms with Gasteiger partial charge in [0.25, 0.3) is 5.69 Å². The summed E-state index contributed by atoms with van der Waals surface area (Å²) in [5.41, 5.74) is 0.0652. The van der Waals surface area contributed by atoms with Gasteiger partial charge in [-0.1, -0.05) is 23.4 Å². The Labute approximate surface area is 121 Å². The van der Waals surface area contributed by atoms with Gasteiger partial charge in [0.1, 0.15) is 0 Å². The molecular formula is C12H7BrClNO2S.